The highest BCUT2D eigenvalue weighted by molar-refractivity contribution is 5.75. The maximum Gasteiger partial charge on any atom is 0.222 e. The normalized spacial score (nSPS) is 18.9. The first-order valence-corrected chi connectivity index (χ1v) is 7.34. The Morgan fingerprint density at radius 1 is 1.40 bits per heavy atom. The number of amides is 1. The van der Waals surface area contributed by atoms with Crippen molar-refractivity contribution in [3.05, 3.63) is 23.3 Å². The lowest BCUT2D eigenvalue weighted by molar-refractivity contribution is -0.128. The molecular formula is C15H24N4O. The Morgan fingerprint density at radius 3 is 2.85 bits per heavy atom. The highest BCUT2D eigenvalue weighted by atomic mass is 16.2. The number of carbonyl (C=O) groups is 1. The minimum Gasteiger partial charge on any atom is -0.349 e. The van der Waals surface area contributed by atoms with E-state index in [1.54, 1.807) is 19.0 Å². The number of aryl methyl sites for hydroxylation is 2. The fourth-order valence-corrected chi connectivity index (χ4v) is 2.47. The summed E-state index contributed by atoms with van der Waals surface area (Å²) in [6.07, 6.45) is 4.73. The Bertz CT molecular complexity index is 467. The quantitative estimate of drug-likeness (QED) is 0.908. The fraction of sp³-hybridized carbons (Fsp3) is 0.667. The van der Waals surface area contributed by atoms with E-state index in [-0.39, 0.29) is 11.9 Å². The van der Waals surface area contributed by atoms with E-state index < -0.39 is 0 Å². The first-order valence-electron chi connectivity index (χ1n) is 7.34. The number of rotatable bonds is 4. The zero-order valence-electron chi connectivity index (χ0n) is 12.6. The zero-order valence-corrected chi connectivity index (χ0v) is 12.6. The van der Waals surface area contributed by atoms with Gasteiger partial charge in [0, 0.05) is 31.9 Å². The Hall–Kier alpha value is -1.49. The van der Waals surface area contributed by atoms with Crippen molar-refractivity contribution in [3.63, 3.8) is 0 Å². The average molecular weight is 276 g/mol. The number of hydrogen-bond acceptors (Lipinski definition) is 4. The van der Waals surface area contributed by atoms with Crippen LogP contribution in [0.1, 0.15) is 48.9 Å². The third kappa shape index (κ3) is 4.00. The van der Waals surface area contributed by atoms with Gasteiger partial charge in [-0.25, -0.2) is 9.97 Å². The summed E-state index contributed by atoms with van der Waals surface area (Å²) in [5.74, 6) is 1.02. The number of aromatic nitrogens is 2. The van der Waals surface area contributed by atoms with Crippen LogP contribution in [-0.4, -0.2) is 41.4 Å². The van der Waals surface area contributed by atoms with Crippen molar-refractivity contribution in [2.45, 2.75) is 45.1 Å². The van der Waals surface area contributed by atoms with Crippen LogP contribution in [0, 0.1) is 6.92 Å². The zero-order chi connectivity index (χ0) is 14.5. The summed E-state index contributed by atoms with van der Waals surface area (Å²) in [5, 5.41) is 3.47. The van der Waals surface area contributed by atoms with Crippen LogP contribution in [0.4, 0.5) is 0 Å². The van der Waals surface area contributed by atoms with Crippen LogP contribution in [0.15, 0.2) is 6.07 Å². The molecule has 0 bridgehead atoms. The van der Waals surface area contributed by atoms with Crippen LogP contribution in [-0.2, 0) is 11.2 Å². The molecule has 0 saturated carbocycles. The predicted molar refractivity (Wildman–Crippen MR) is 78.4 cm³/mol. The summed E-state index contributed by atoms with van der Waals surface area (Å²) in [7, 11) is 3.57. The highest BCUT2D eigenvalue weighted by Crippen LogP contribution is 2.20. The molecule has 1 aromatic rings. The molecule has 1 N–H and O–H groups in total. The molecule has 1 atom stereocenters. The predicted octanol–water partition coefficient (Wildman–Crippen LogP) is 1.62. The van der Waals surface area contributed by atoms with E-state index in [0.717, 1.165) is 30.2 Å². The molecule has 0 unspecified atom stereocenters. The fourth-order valence-electron chi connectivity index (χ4n) is 2.47. The second-order valence-corrected chi connectivity index (χ2v) is 5.65. The molecule has 0 radical (unpaired) electrons. The summed E-state index contributed by atoms with van der Waals surface area (Å²) < 4.78 is 0. The van der Waals surface area contributed by atoms with Crippen molar-refractivity contribution in [1.82, 2.24) is 20.2 Å². The van der Waals surface area contributed by atoms with E-state index in [0.29, 0.717) is 12.8 Å². The second-order valence-electron chi connectivity index (χ2n) is 5.65. The number of hydrogen-bond donors (Lipinski definition) is 1. The molecule has 2 heterocycles. The standard InChI is InChI=1S/C15H24N4O/c1-11-10-12(7-8-14(20)19(2)3)18-15(17-11)13-6-4-5-9-16-13/h10,13,16H,4-9H2,1-3H3/t13-/m1/s1. The molecule has 1 aliphatic rings. The first-order chi connectivity index (χ1) is 9.56. The van der Waals surface area contributed by atoms with Crippen LogP contribution >= 0.6 is 0 Å². The summed E-state index contributed by atoms with van der Waals surface area (Å²) in [6, 6.07) is 2.25. The third-order valence-electron chi connectivity index (χ3n) is 3.64. The van der Waals surface area contributed by atoms with E-state index in [9.17, 15) is 4.79 Å². The molecule has 110 valence electrons. The lowest BCUT2D eigenvalue weighted by atomic mass is 10.0. The monoisotopic (exact) mass is 276 g/mol. The van der Waals surface area contributed by atoms with Gasteiger partial charge >= 0.3 is 0 Å². The topological polar surface area (TPSA) is 58.1 Å². The third-order valence-corrected chi connectivity index (χ3v) is 3.64. The minimum atomic E-state index is 0.138. The number of nitrogens with one attached hydrogen (secondary N) is 1. The van der Waals surface area contributed by atoms with E-state index in [1.807, 2.05) is 13.0 Å². The molecule has 1 saturated heterocycles. The molecule has 5 nitrogen and oxygen atoms in total. The summed E-state index contributed by atoms with van der Waals surface area (Å²) in [4.78, 5) is 22.5. The lowest BCUT2D eigenvalue weighted by Gasteiger charge is -2.22. The number of carbonyl (C=O) groups excluding carboxylic acids is 1. The average Bonchev–Trinajstić information content (AvgIpc) is 2.45. The summed E-state index contributed by atoms with van der Waals surface area (Å²) in [5.41, 5.74) is 1.95. The van der Waals surface area contributed by atoms with Crippen molar-refractivity contribution in [2.75, 3.05) is 20.6 Å². The molecule has 20 heavy (non-hydrogen) atoms. The minimum absolute atomic E-state index is 0.138. The molecule has 1 aromatic heterocycles. The van der Waals surface area contributed by atoms with Gasteiger partial charge in [0.1, 0.15) is 5.82 Å². The van der Waals surface area contributed by atoms with Gasteiger partial charge in [0.25, 0.3) is 0 Å². The van der Waals surface area contributed by atoms with Crippen LogP contribution in [0.25, 0.3) is 0 Å². The molecule has 1 amide bonds. The molecule has 1 fully saturated rings. The van der Waals surface area contributed by atoms with Gasteiger partial charge in [-0.1, -0.05) is 6.42 Å². The second kappa shape index (κ2) is 6.79. The first kappa shape index (κ1) is 14.9. The molecule has 1 aliphatic heterocycles. The van der Waals surface area contributed by atoms with Crippen molar-refractivity contribution in [2.24, 2.45) is 0 Å². The van der Waals surface area contributed by atoms with Gasteiger partial charge in [-0.2, -0.15) is 0 Å². The van der Waals surface area contributed by atoms with Crippen LogP contribution in [0.2, 0.25) is 0 Å². The van der Waals surface area contributed by atoms with E-state index in [4.69, 9.17) is 0 Å². The Kier molecular flexibility index (Phi) is 5.06. The van der Waals surface area contributed by atoms with Gasteiger partial charge in [0.15, 0.2) is 0 Å². The Labute approximate surface area is 120 Å². The van der Waals surface area contributed by atoms with Gasteiger partial charge in [-0.3, -0.25) is 4.79 Å². The number of piperidine rings is 1. The maximum atomic E-state index is 11.7. The van der Waals surface area contributed by atoms with Crippen molar-refractivity contribution >= 4 is 5.91 Å². The van der Waals surface area contributed by atoms with Crippen molar-refractivity contribution in [3.8, 4) is 0 Å². The Balaban J connectivity index is 2.06. The lowest BCUT2D eigenvalue weighted by Crippen LogP contribution is -2.29. The smallest absolute Gasteiger partial charge is 0.222 e. The van der Waals surface area contributed by atoms with Crippen LogP contribution in [0.5, 0.6) is 0 Å². The van der Waals surface area contributed by atoms with Gasteiger partial charge in [0.2, 0.25) is 5.91 Å². The van der Waals surface area contributed by atoms with Gasteiger partial charge in [-0.05, 0) is 38.8 Å². The molecular weight excluding hydrogens is 252 g/mol. The maximum absolute atomic E-state index is 11.7. The number of nitrogens with zero attached hydrogens (tertiary/aromatic N) is 3. The molecule has 0 spiro atoms. The van der Waals surface area contributed by atoms with E-state index in [2.05, 4.69) is 15.3 Å². The largest absolute Gasteiger partial charge is 0.349 e. The molecule has 0 aliphatic carbocycles. The van der Waals surface area contributed by atoms with Crippen LogP contribution < -0.4 is 5.32 Å². The van der Waals surface area contributed by atoms with Gasteiger partial charge in [0.05, 0.1) is 6.04 Å². The van der Waals surface area contributed by atoms with Gasteiger partial charge < -0.3 is 10.2 Å². The van der Waals surface area contributed by atoms with Gasteiger partial charge in [-0.15, -0.1) is 0 Å². The Morgan fingerprint density at radius 2 is 2.20 bits per heavy atom. The van der Waals surface area contributed by atoms with Crippen molar-refractivity contribution < 1.29 is 4.79 Å². The highest BCUT2D eigenvalue weighted by Gasteiger charge is 2.18. The molecule has 2 rings (SSSR count). The summed E-state index contributed by atoms with van der Waals surface area (Å²) in [6.45, 7) is 3.03. The van der Waals surface area contributed by atoms with Crippen LogP contribution in [0.3, 0.4) is 0 Å². The summed E-state index contributed by atoms with van der Waals surface area (Å²) >= 11 is 0. The van der Waals surface area contributed by atoms with E-state index >= 15 is 0 Å². The van der Waals surface area contributed by atoms with Crippen molar-refractivity contribution in [1.29, 1.82) is 0 Å². The molecule has 5 heteroatoms. The molecule has 0 aromatic carbocycles. The van der Waals surface area contributed by atoms with E-state index in [1.165, 1.54) is 12.8 Å². The SMILES string of the molecule is Cc1cc(CCC(=O)N(C)C)nc([C@H]2CCCCN2)n1.